The highest BCUT2D eigenvalue weighted by atomic mass is 28.4. The van der Waals surface area contributed by atoms with Crippen LogP contribution in [0.15, 0.2) is 60.7 Å². The quantitative estimate of drug-likeness (QED) is 0.310. The first kappa shape index (κ1) is 29.7. The number of benzene rings is 2. The maximum absolute atomic E-state index is 12.4. The second-order valence-electron chi connectivity index (χ2n) is 12.5. The summed E-state index contributed by atoms with van der Waals surface area (Å²) in [6.45, 7) is 23.2. The van der Waals surface area contributed by atoms with E-state index in [4.69, 9.17) is 8.85 Å². The lowest BCUT2D eigenvalue weighted by Crippen LogP contribution is -2.66. The summed E-state index contributed by atoms with van der Waals surface area (Å²) in [4.78, 5) is 12.4. The topological polar surface area (TPSA) is 35.5 Å². The monoisotopic (exact) mass is 512 g/mol. The van der Waals surface area contributed by atoms with E-state index in [1.165, 1.54) is 10.4 Å². The first-order valence-electron chi connectivity index (χ1n) is 13.0. The normalized spacial score (nSPS) is 15.0. The molecule has 5 heteroatoms. The van der Waals surface area contributed by atoms with Crippen LogP contribution in [0.2, 0.25) is 23.2 Å². The molecule has 3 nitrogen and oxygen atoms in total. The van der Waals surface area contributed by atoms with Crippen LogP contribution in [-0.2, 0) is 13.6 Å². The molecule has 2 aromatic rings. The fourth-order valence-corrected chi connectivity index (χ4v) is 10.1. The third-order valence-electron chi connectivity index (χ3n) is 8.04. The maximum Gasteiger partial charge on any atom is 0.261 e. The smallest absolute Gasteiger partial charge is 0.261 e. The van der Waals surface area contributed by atoms with E-state index in [9.17, 15) is 4.79 Å². The lowest BCUT2D eigenvalue weighted by molar-refractivity contribution is -0.122. The Balaban J connectivity index is 2.35. The fourth-order valence-electron chi connectivity index (χ4n) is 4.47. The van der Waals surface area contributed by atoms with E-state index < -0.39 is 16.6 Å². The highest BCUT2D eigenvalue weighted by Gasteiger charge is 2.50. The molecule has 0 saturated carbocycles. The van der Waals surface area contributed by atoms with Crippen LogP contribution in [-0.4, -0.2) is 35.6 Å². The summed E-state index contributed by atoms with van der Waals surface area (Å²) >= 11 is 0. The molecular weight excluding hydrogens is 464 g/mol. The molecule has 0 amide bonds. The Morgan fingerprint density at radius 3 is 1.63 bits per heavy atom. The number of carbonyl (C=O) groups is 1. The molecule has 2 atom stereocenters. The van der Waals surface area contributed by atoms with E-state index in [0.29, 0.717) is 13.2 Å². The van der Waals surface area contributed by atoms with Gasteiger partial charge in [0, 0.05) is 19.1 Å². The Morgan fingerprint density at radius 2 is 1.26 bits per heavy atom. The number of rotatable bonds is 11. The first-order valence-corrected chi connectivity index (χ1v) is 17.8. The van der Waals surface area contributed by atoms with Gasteiger partial charge in [0.2, 0.25) is 0 Å². The van der Waals surface area contributed by atoms with Gasteiger partial charge in [0.05, 0.1) is 0 Å². The average molecular weight is 513 g/mol. The Kier molecular flexibility index (Phi) is 9.91. The van der Waals surface area contributed by atoms with Gasteiger partial charge >= 0.3 is 0 Å². The SMILES string of the molecule is CC(=O)[C@@H](C)[C@H](CCO[Si](c1ccccc1)(c1ccccc1)C(C)(C)C)CO[Si](C)(C)C(C)(C)C. The van der Waals surface area contributed by atoms with Crippen LogP contribution in [0.1, 0.15) is 61.8 Å². The Bertz CT molecular complexity index is 888. The summed E-state index contributed by atoms with van der Waals surface area (Å²) < 4.78 is 13.7. The molecule has 35 heavy (non-hydrogen) atoms. The van der Waals surface area contributed by atoms with Crippen LogP contribution < -0.4 is 10.4 Å². The first-order chi connectivity index (χ1) is 16.1. The molecule has 194 valence electrons. The van der Waals surface area contributed by atoms with Crippen molar-refractivity contribution in [2.75, 3.05) is 13.2 Å². The molecule has 0 radical (unpaired) electrons. The minimum absolute atomic E-state index is 0.0532. The van der Waals surface area contributed by atoms with Gasteiger partial charge in [0.15, 0.2) is 8.32 Å². The highest BCUT2D eigenvalue weighted by molar-refractivity contribution is 6.99. The molecule has 0 fully saturated rings. The predicted octanol–water partition coefficient (Wildman–Crippen LogP) is 6.82. The molecule has 0 unspecified atom stereocenters. The van der Waals surface area contributed by atoms with E-state index in [1.807, 2.05) is 6.92 Å². The van der Waals surface area contributed by atoms with Crippen molar-refractivity contribution in [3.8, 4) is 0 Å². The van der Waals surface area contributed by atoms with E-state index in [1.54, 1.807) is 6.92 Å². The van der Waals surface area contributed by atoms with E-state index >= 15 is 0 Å². The molecule has 0 aliphatic carbocycles. The van der Waals surface area contributed by atoms with E-state index in [-0.39, 0.29) is 27.7 Å². The van der Waals surface area contributed by atoms with Crippen molar-refractivity contribution >= 4 is 32.8 Å². The number of ketones is 1. The van der Waals surface area contributed by atoms with Gasteiger partial charge in [0.25, 0.3) is 8.32 Å². The number of hydrogen-bond donors (Lipinski definition) is 0. The molecule has 0 aliphatic rings. The Morgan fingerprint density at radius 1 is 0.800 bits per heavy atom. The van der Waals surface area contributed by atoms with Crippen LogP contribution in [0.4, 0.5) is 0 Å². The van der Waals surface area contributed by atoms with Crippen LogP contribution in [0.3, 0.4) is 0 Å². The summed E-state index contributed by atoms with van der Waals surface area (Å²) in [5, 5.41) is 2.65. The van der Waals surface area contributed by atoms with Crippen molar-refractivity contribution in [2.45, 2.75) is 85.0 Å². The Hall–Kier alpha value is -1.54. The zero-order chi connectivity index (χ0) is 26.5. The van der Waals surface area contributed by atoms with Gasteiger partial charge in [-0.25, -0.2) is 0 Å². The Labute approximate surface area is 216 Å². The summed E-state index contributed by atoms with van der Waals surface area (Å²) in [5.41, 5.74) is 0. The van der Waals surface area contributed by atoms with Crippen molar-refractivity contribution in [1.29, 1.82) is 0 Å². The molecular formula is C30H48O3Si2. The standard InChI is InChI=1S/C30H48O3Si2/c1-24(25(2)31)26(23-33-34(9,10)29(3,4)5)21-22-32-35(30(6,7)8,27-17-13-11-14-18-27)28-19-15-12-16-20-28/h11-20,24,26H,21-23H2,1-10H3/t24-,26-/m1/s1. The molecule has 0 spiro atoms. The highest BCUT2D eigenvalue weighted by Crippen LogP contribution is 2.39. The third-order valence-corrected chi connectivity index (χ3v) is 17.6. The maximum atomic E-state index is 12.4. The van der Waals surface area contributed by atoms with Gasteiger partial charge in [0.1, 0.15) is 5.78 Å². The molecule has 2 rings (SSSR count). The molecule has 0 aromatic heterocycles. The average Bonchev–Trinajstić information content (AvgIpc) is 2.77. The molecule has 0 bridgehead atoms. The van der Waals surface area contributed by atoms with Crippen molar-refractivity contribution in [1.82, 2.24) is 0 Å². The third kappa shape index (κ3) is 7.03. The van der Waals surface area contributed by atoms with Gasteiger partial charge in [-0.05, 0) is 52.8 Å². The van der Waals surface area contributed by atoms with Gasteiger partial charge in [-0.15, -0.1) is 0 Å². The van der Waals surface area contributed by atoms with E-state index in [2.05, 4.69) is 115 Å². The van der Waals surface area contributed by atoms with Crippen LogP contribution in [0, 0.1) is 11.8 Å². The molecule has 0 saturated heterocycles. The summed E-state index contributed by atoms with van der Waals surface area (Å²) in [6.07, 6.45) is 0.805. The molecule has 2 aromatic carbocycles. The lowest BCUT2D eigenvalue weighted by atomic mass is 9.89. The second kappa shape index (κ2) is 11.7. The minimum Gasteiger partial charge on any atom is -0.417 e. The zero-order valence-corrected chi connectivity index (χ0v) is 25.8. The predicted molar refractivity (Wildman–Crippen MR) is 155 cm³/mol. The fraction of sp³-hybridized carbons (Fsp3) is 0.567. The minimum atomic E-state index is -2.58. The van der Waals surface area contributed by atoms with Crippen LogP contribution >= 0.6 is 0 Å². The van der Waals surface area contributed by atoms with Gasteiger partial charge in [-0.2, -0.15) is 0 Å². The van der Waals surface area contributed by atoms with Gasteiger partial charge in [-0.3, -0.25) is 4.79 Å². The van der Waals surface area contributed by atoms with E-state index in [0.717, 1.165) is 6.42 Å². The largest absolute Gasteiger partial charge is 0.417 e. The van der Waals surface area contributed by atoms with Crippen molar-refractivity contribution in [3.05, 3.63) is 60.7 Å². The summed E-state index contributed by atoms with van der Waals surface area (Å²) in [6, 6.07) is 21.5. The molecule has 0 heterocycles. The summed E-state index contributed by atoms with van der Waals surface area (Å²) in [7, 11) is -4.49. The lowest BCUT2D eigenvalue weighted by Gasteiger charge is -2.43. The van der Waals surface area contributed by atoms with Crippen LogP contribution in [0.5, 0.6) is 0 Å². The van der Waals surface area contributed by atoms with Gasteiger partial charge < -0.3 is 8.85 Å². The second-order valence-corrected chi connectivity index (χ2v) is 21.6. The van der Waals surface area contributed by atoms with Crippen molar-refractivity contribution in [3.63, 3.8) is 0 Å². The van der Waals surface area contributed by atoms with Gasteiger partial charge in [-0.1, -0.05) is 109 Å². The molecule has 0 aliphatic heterocycles. The number of hydrogen-bond acceptors (Lipinski definition) is 3. The van der Waals surface area contributed by atoms with Crippen molar-refractivity contribution in [2.24, 2.45) is 11.8 Å². The zero-order valence-electron chi connectivity index (χ0n) is 23.8. The van der Waals surface area contributed by atoms with Crippen LogP contribution in [0.25, 0.3) is 0 Å². The van der Waals surface area contributed by atoms with Crippen molar-refractivity contribution < 1.29 is 13.6 Å². The summed E-state index contributed by atoms with van der Waals surface area (Å²) in [5.74, 6) is 0.307. The molecule has 0 N–H and O–H groups in total. The number of Topliss-reactive ketones (excluding diaryl/α,β-unsaturated/α-hetero) is 1. The number of carbonyl (C=O) groups excluding carboxylic acids is 1.